The molecule has 0 bridgehead atoms. The molecule has 0 amide bonds. The molecule has 1 unspecified atom stereocenters. The number of benzene rings is 1. The Labute approximate surface area is 98.9 Å². The van der Waals surface area contributed by atoms with Gasteiger partial charge in [0.2, 0.25) is 0 Å². The average molecular weight is 260 g/mol. The van der Waals surface area contributed by atoms with Crippen LogP contribution in [-0.4, -0.2) is 29.3 Å². The lowest BCUT2D eigenvalue weighted by Crippen LogP contribution is -2.29. The maximum absolute atomic E-state index is 12.3. The van der Waals surface area contributed by atoms with Crippen molar-refractivity contribution in [2.75, 3.05) is 0 Å². The van der Waals surface area contributed by atoms with E-state index in [1.807, 2.05) is 5.48 Å². The lowest BCUT2D eigenvalue weighted by molar-refractivity contribution is -0.220. The predicted molar refractivity (Wildman–Crippen MR) is 54.0 cm³/mol. The minimum Gasteiger partial charge on any atom is -0.478 e. The van der Waals surface area contributed by atoms with Crippen LogP contribution in [0.5, 0.6) is 0 Å². The Bertz CT molecular complexity index is 513. The average Bonchev–Trinajstić information content (AvgIpc) is 2.78. The number of halogens is 3. The van der Waals surface area contributed by atoms with Gasteiger partial charge in [-0.05, 0) is 12.1 Å². The molecular weight excluding hydrogens is 253 g/mol. The summed E-state index contributed by atoms with van der Waals surface area (Å²) in [6.45, 7) is 0. The Morgan fingerprint density at radius 2 is 2.17 bits per heavy atom. The summed E-state index contributed by atoms with van der Waals surface area (Å²) in [4.78, 5) is 18.3. The number of aliphatic imine (C=N–C) groups is 1. The van der Waals surface area contributed by atoms with Crippen LogP contribution in [0.4, 0.5) is 13.2 Å². The normalized spacial score (nSPS) is 19.3. The first-order valence-electron chi connectivity index (χ1n) is 4.78. The van der Waals surface area contributed by atoms with Crippen molar-refractivity contribution in [2.24, 2.45) is 4.99 Å². The Hall–Kier alpha value is -2.09. The number of hydrogen-bond donors (Lipinski definition) is 2. The molecule has 0 fully saturated rings. The molecule has 1 aromatic rings. The first-order valence-corrected chi connectivity index (χ1v) is 4.78. The van der Waals surface area contributed by atoms with E-state index in [0.29, 0.717) is 0 Å². The number of rotatable bonds is 2. The van der Waals surface area contributed by atoms with Crippen molar-refractivity contribution < 1.29 is 27.9 Å². The fraction of sp³-hybridized carbons (Fsp3) is 0.200. The SMILES string of the molecule is O=C(O)c1cccc(C2=NC(C(F)(F)F)ON2)c1. The monoisotopic (exact) mass is 260 g/mol. The highest BCUT2D eigenvalue weighted by molar-refractivity contribution is 6.01. The fourth-order valence-electron chi connectivity index (χ4n) is 1.35. The summed E-state index contributed by atoms with van der Waals surface area (Å²) in [5.74, 6) is -1.33. The van der Waals surface area contributed by atoms with Crippen molar-refractivity contribution in [3.05, 3.63) is 35.4 Å². The van der Waals surface area contributed by atoms with Crippen LogP contribution < -0.4 is 5.48 Å². The molecule has 0 aromatic heterocycles. The highest BCUT2D eigenvalue weighted by Gasteiger charge is 2.44. The minimum absolute atomic E-state index is 0.0486. The summed E-state index contributed by atoms with van der Waals surface area (Å²) >= 11 is 0. The molecule has 0 spiro atoms. The summed E-state index contributed by atoms with van der Waals surface area (Å²) in [6, 6.07) is 5.37. The smallest absolute Gasteiger partial charge is 0.437 e. The van der Waals surface area contributed by atoms with Crippen LogP contribution in [0.25, 0.3) is 0 Å². The van der Waals surface area contributed by atoms with Gasteiger partial charge in [-0.1, -0.05) is 12.1 Å². The molecule has 2 rings (SSSR count). The molecule has 1 heterocycles. The maximum atomic E-state index is 12.3. The van der Waals surface area contributed by atoms with Crippen molar-refractivity contribution in [3.8, 4) is 0 Å². The molecule has 1 aromatic carbocycles. The summed E-state index contributed by atoms with van der Waals surface area (Å²) in [5.41, 5.74) is 2.19. The predicted octanol–water partition coefficient (Wildman–Crippen LogP) is 1.55. The van der Waals surface area contributed by atoms with E-state index in [-0.39, 0.29) is 17.0 Å². The largest absolute Gasteiger partial charge is 0.478 e. The first kappa shape index (κ1) is 12.4. The number of nitrogens with zero attached hydrogens (tertiary/aromatic N) is 1. The van der Waals surface area contributed by atoms with Gasteiger partial charge >= 0.3 is 12.1 Å². The van der Waals surface area contributed by atoms with Crippen LogP contribution >= 0.6 is 0 Å². The molecule has 8 heteroatoms. The van der Waals surface area contributed by atoms with E-state index in [9.17, 15) is 18.0 Å². The number of hydrogen-bond acceptors (Lipinski definition) is 4. The van der Waals surface area contributed by atoms with E-state index in [1.165, 1.54) is 24.3 Å². The molecule has 1 aliphatic heterocycles. The second-order valence-electron chi connectivity index (χ2n) is 3.48. The number of aromatic carboxylic acids is 1. The van der Waals surface area contributed by atoms with Gasteiger partial charge in [-0.15, -0.1) is 0 Å². The van der Waals surface area contributed by atoms with Crippen LogP contribution in [0.2, 0.25) is 0 Å². The molecule has 0 aliphatic carbocycles. The third-order valence-electron chi connectivity index (χ3n) is 2.18. The Kier molecular flexibility index (Phi) is 2.95. The van der Waals surface area contributed by atoms with E-state index in [2.05, 4.69) is 9.83 Å². The lowest BCUT2D eigenvalue weighted by Gasteiger charge is -2.08. The number of carbonyl (C=O) groups is 1. The van der Waals surface area contributed by atoms with Crippen molar-refractivity contribution in [2.45, 2.75) is 12.4 Å². The molecule has 0 saturated carbocycles. The van der Waals surface area contributed by atoms with Crippen LogP contribution in [0.3, 0.4) is 0 Å². The molecule has 1 aliphatic rings. The Morgan fingerprint density at radius 1 is 1.44 bits per heavy atom. The van der Waals surface area contributed by atoms with Crippen LogP contribution in [0.1, 0.15) is 15.9 Å². The second-order valence-corrected chi connectivity index (χ2v) is 3.48. The van der Waals surface area contributed by atoms with E-state index >= 15 is 0 Å². The van der Waals surface area contributed by atoms with Crippen LogP contribution in [0, 0.1) is 0 Å². The Morgan fingerprint density at radius 3 is 2.72 bits per heavy atom. The number of amidine groups is 1. The van der Waals surface area contributed by atoms with Crippen molar-refractivity contribution in [3.63, 3.8) is 0 Å². The number of carboxylic acids is 1. The van der Waals surface area contributed by atoms with Gasteiger partial charge in [0.15, 0.2) is 5.84 Å². The van der Waals surface area contributed by atoms with Crippen molar-refractivity contribution in [1.82, 2.24) is 5.48 Å². The summed E-state index contributed by atoms with van der Waals surface area (Å²) in [6.07, 6.45) is -6.89. The number of alkyl halides is 3. The quantitative estimate of drug-likeness (QED) is 0.846. The molecule has 2 N–H and O–H groups in total. The van der Waals surface area contributed by atoms with E-state index in [4.69, 9.17) is 5.11 Å². The highest BCUT2D eigenvalue weighted by Crippen LogP contribution is 2.26. The van der Waals surface area contributed by atoms with Crippen LogP contribution in [0.15, 0.2) is 29.3 Å². The fourth-order valence-corrected chi connectivity index (χ4v) is 1.35. The topological polar surface area (TPSA) is 70.9 Å². The van der Waals surface area contributed by atoms with Gasteiger partial charge < -0.3 is 5.11 Å². The summed E-state index contributed by atoms with van der Waals surface area (Å²) < 4.78 is 36.9. The lowest BCUT2D eigenvalue weighted by atomic mass is 10.1. The summed E-state index contributed by atoms with van der Waals surface area (Å²) in [5, 5.41) is 8.76. The number of carboxylic acid groups (broad SMARTS) is 1. The molecule has 0 saturated heterocycles. The third kappa shape index (κ3) is 2.43. The molecule has 1 atom stereocenters. The third-order valence-corrected chi connectivity index (χ3v) is 2.18. The van der Waals surface area contributed by atoms with Gasteiger partial charge in [-0.2, -0.15) is 13.2 Å². The zero-order valence-corrected chi connectivity index (χ0v) is 8.73. The van der Waals surface area contributed by atoms with Gasteiger partial charge in [0.1, 0.15) is 0 Å². The van der Waals surface area contributed by atoms with E-state index in [0.717, 1.165) is 0 Å². The molecular formula is C10H7F3N2O3. The van der Waals surface area contributed by atoms with E-state index in [1.54, 1.807) is 0 Å². The van der Waals surface area contributed by atoms with Gasteiger partial charge in [0.05, 0.1) is 5.56 Å². The van der Waals surface area contributed by atoms with Gasteiger partial charge in [-0.3, -0.25) is 0 Å². The zero-order valence-electron chi connectivity index (χ0n) is 8.73. The van der Waals surface area contributed by atoms with Crippen molar-refractivity contribution >= 4 is 11.8 Å². The number of hydroxylamine groups is 1. The zero-order chi connectivity index (χ0) is 13.3. The number of nitrogens with one attached hydrogen (secondary N) is 1. The molecule has 18 heavy (non-hydrogen) atoms. The van der Waals surface area contributed by atoms with Crippen molar-refractivity contribution in [1.29, 1.82) is 0 Å². The summed E-state index contributed by atoms with van der Waals surface area (Å²) in [7, 11) is 0. The second kappa shape index (κ2) is 4.30. The molecule has 5 nitrogen and oxygen atoms in total. The standard InChI is InChI=1S/C10H7F3N2O3/c11-10(12,13)9-14-7(15-18-9)5-2-1-3-6(4-5)8(16)17/h1-4,9H,(H,14,15)(H,16,17). The van der Waals surface area contributed by atoms with Crippen LogP contribution in [-0.2, 0) is 4.84 Å². The molecule has 96 valence electrons. The van der Waals surface area contributed by atoms with Gasteiger partial charge in [-0.25, -0.2) is 20.1 Å². The first-order chi connectivity index (χ1) is 8.38. The highest BCUT2D eigenvalue weighted by atomic mass is 19.4. The van der Waals surface area contributed by atoms with E-state index < -0.39 is 18.4 Å². The maximum Gasteiger partial charge on any atom is 0.437 e. The minimum atomic E-state index is -4.61. The molecule has 0 radical (unpaired) electrons. The van der Waals surface area contributed by atoms with Gasteiger partial charge in [0, 0.05) is 5.56 Å². The Balaban J connectivity index is 2.28. The van der Waals surface area contributed by atoms with Gasteiger partial charge in [0.25, 0.3) is 6.23 Å².